The normalized spacial score (nSPS) is 6.80. The third-order valence-corrected chi connectivity index (χ3v) is 0.239. The van der Waals surface area contributed by atoms with Crippen molar-refractivity contribution in [2.75, 3.05) is 0 Å². The Morgan fingerprint density at radius 2 is 1.80 bits per heavy atom. The summed E-state index contributed by atoms with van der Waals surface area (Å²) in [6.45, 7) is 0. The van der Waals surface area contributed by atoms with Crippen LogP contribution in [0.5, 0.6) is 0 Å². The minimum Gasteiger partial charge on any atom is -0.276 e. The lowest BCUT2D eigenvalue weighted by molar-refractivity contribution is -0.111. The van der Waals surface area contributed by atoms with Crippen molar-refractivity contribution in [1.29, 1.82) is 0 Å². The molecule has 0 saturated heterocycles. The molecule has 0 rings (SSSR count). The van der Waals surface area contributed by atoms with Gasteiger partial charge in [0.05, 0.1) is 0 Å². The number of carbonyl (C=O) groups is 1. The highest BCUT2D eigenvalue weighted by molar-refractivity contribution is 6.38. The van der Waals surface area contributed by atoms with Crippen LogP contribution in [0.25, 0.3) is 0 Å². The summed E-state index contributed by atoms with van der Waals surface area (Å²) in [5.74, 6) is 0. The second-order valence-electron chi connectivity index (χ2n) is 0.364. The fraction of sp³-hybridized carbons (Fsp3) is 0. The van der Waals surface area contributed by atoms with E-state index >= 15 is 0 Å². The Kier molecular flexibility index (Phi) is 2.32. The number of hydrogen-bond donors (Lipinski definition) is 0. The van der Waals surface area contributed by atoms with Crippen LogP contribution in [-0.4, -0.2) is 10.3 Å². The van der Waals surface area contributed by atoms with Gasteiger partial charge in [0.15, 0.2) is 0 Å². The van der Waals surface area contributed by atoms with Crippen molar-refractivity contribution in [1.82, 2.24) is 3.94 Å². The molecule has 0 aromatic carbocycles. The van der Waals surface area contributed by atoms with Crippen LogP contribution in [0.3, 0.4) is 0 Å². The van der Waals surface area contributed by atoms with E-state index in [-0.39, 0.29) is 6.41 Å². The van der Waals surface area contributed by atoms with Crippen molar-refractivity contribution >= 4 is 30.0 Å². The molecule has 0 heterocycles. The van der Waals surface area contributed by atoms with Crippen molar-refractivity contribution in [3.63, 3.8) is 0 Å². The number of amides is 1. The highest BCUT2D eigenvalue weighted by Gasteiger charge is 1.77. The van der Waals surface area contributed by atoms with Gasteiger partial charge in [0, 0.05) is 23.6 Å². The lowest BCUT2D eigenvalue weighted by Crippen LogP contribution is -1.87. The Morgan fingerprint density at radius 3 is 1.80 bits per heavy atom. The molecule has 0 aliphatic heterocycles. The third kappa shape index (κ3) is 4.05. The maximum absolute atomic E-state index is 9.17. The number of carbonyl (C=O) groups excluding carboxylic acids is 1. The first kappa shape index (κ1) is 5.05. The molecule has 0 aliphatic carbocycles. The van der Waals surface area contributed by atoms with Gasteiger partial charge in [-0.05, 0) is 0 Å². The highest BCUT2D eigenvalue weighted by atomic mass is 35.5. The van der Waals surface area contributed by atoms with E-state index in [0.29, 0.717) is 3.94 Å². The summed E-state index contributed by atoms with van der Waals surface area (Å²) >= 11 is 9.39. The second kappa shape index (κ2) is 2.30. The van der Waals surface area contributed by atoms with Crippen LogP contribution in [-0.2, 0) is 4.79 Å². The lowest BCUT2D eigenvalue weighted by atomic mass is 11.5. The second-order valence-corrected chi connectivity index (χ2v) is 1.27. The van der Waals surface area contributed by atoms with E-state index in [1.807, 2.05) is 0 Å². The van der Waals surface area contributed by atoms with Crippen molar-refractivity contribution in [3.05, 3.63) is 0 Å². The molecule has 0 radical (unpaired) electrons. The van der Waals surface area contributed by atoms with Crippen molar-refractivity contribution in [2.24, 2.45) is 0 Å². The van der Waals surface area contributed by atoms with E-state index in [0.717, 1.165) is 0 Å². The van der Waals surface area contributed by atoms with Crippen LogP contribution < -0.4 is 0 Å². The Bertz CT molecular complexity index is 36.6. The molecule has 0 unspecified atom stereocenters. The molecule has 0 aromatic heterocycles. The molecule has 0 fully saturated rings. The van der Waals surface area contributed by atoms with Crippen LogP contribution in [0.2, 0.25) is 0 Å². The Labute approximate surface area is 39.5 Å². The molecule has 5 heavy (non-hydrogen) atoms. The Morgan fingerprint density at radius 1 is 1.60 bits per heavy atom. The zero-order valence-corrected chi connectivity index (χ0v) is 3.70. The molecule has 0 aliphatic rings. The summed E-state index contributed by atoms with van der Waals surface area (Å²) in [7, 11) is 0. The van der Waals surface area contributed by atoms with Crippen LogP contribution in [0.4, 0.5) is 0 Å². The summed E-state index contributed by atoms with van der Waals surface area (Å²) in [6, 6.07) is 0. The largest absolute Gasteiger partial charge is 0.276 e. The van der Waals surface area contributed by atoms with Gasteiger partial charge >= 0.3 is 0 Å². The average molecular weight is 114 g/mol. The van der Waals surface area contributed by atoms with Gasteiger partial charge in [-0.25, -0.2) is 0 Å². The maximum atomic E-state index is 9.17. The van der Waals surface area contributed by atoms with Gasteiger partial charge in [0.2, 0.25) is 6.41 Å². The quantitative estimate of drug-likeness (QED) is 0.363. The first-order chi connectivity index (χ1) is 2.27. The number of nitrogens with zero attached hydrogens (tertiary/aromatic N) is 1. The van der Waals surface area contributed by atoms with Gasteiger partial charge in [-0.1, -0.05) is 0 Å². The van der Waals surface area contributed by atoms with Gasteiger partial charge in [0.1, 0.15) is 0 Å². The van der Waals surface area contributed by atoms with Crippen molar-refractivity contribution < 1.29 is 4.79 Å². The van der Waals surface area contributed by atoms with Crippen LogP contribution >= 0.6 is 23.6 Å². The molecule has 0 aromatic rings. The van der Waals surface area contributed by atoms with Gasteiger partial charge in [-0.3, -0.25) is 4.79 Å². The number of halogens is 2. The molecular formula is CHCl2NO. The molecular weight excluding hydrogens is 113 g/mol. The molecule has 30 valence electrons. The minimum absolute atomic E-state index is 0.281. The van der Waals surface area contributed by atoms with E-state index in [1.165, 1.54) is 0 Å². The van der Waals surface area contributed by atoms with Crippen molar-refractivity contribution in [2.45, 2.75) is 0 Å². The van der Waals surface area contributed by atoms with E-state index in [2.05, 4.69) is 0 Å². The van der Waals surface area contributed by atoms with Gasteiger partial charge in [0.25, 0.3) is 0 Å². The Balaban J connectivity index is 2.83. The molecule has 0 N–H and O–H groups in total. The lowest BCUT2D eigenvalue weighted by Gasteiger charge is -1.82. The summed E-state index contributed by atoms with van der Waals surface area (Å²) in [6.07, 6.45) is 0.281. The molecule has 0 saturated carbocycles. The molecule has 0 spiro atoms. The van der Waals surface area contributed by atoms with E-state index < -0.39 is 0 Å². The third-order valence-electron chi connectivity index (χ3n) is 0.0797. The summed E-state index contributed by atoms with van der Waals surface area (Å²) in [4.78, 5) is 9.17. The fourth-order valence-electron chi connectivity index (χ4n) is 0. The first-order valence-corrected chi connectivity index (χ1v) is 1.51. The maximum Gasteiger partial charge on any atom is 0.239 e. The SMILES string of the molecule is O=CN(Cl)Cl. The molecule has 2 nitrogen and oxygen atoms in total. The van der Waals surface area contributed by atoms with Crippen molar-refractivity contribution in [3.8, 4) is 0 Å². The predicted molar refractivity (Wildman–Crippen MR) is 19.6 cm³/mol. The minimum atomic E-state index is 0.281. The standard InChI is InChI=1S/CHCl2NO/c2-4(3)1-5/h1H. The summed E-state index contributed by atoms with van der Waals surface area (Å²) in [5, 5.41) is 0. The van der Waals surface area contributed by atoms with Gasteiger partial charge in [-0.2, -0.15) is 3.94 Å². The average Bonchev–Trinajstić information content (AvgIpc) is 1.38. The molecule has 0 bridgehead atoms. The van der Waals surface area contributed by atoms with Crippen LogP contribution in [0, 0.1) is 0 Å². The zero-order valence-electron chi connectivity index (χ0n) is 2.19. The van der Waals surface area contributed by atoms with E-state index in [9.17, 15) is 0 Å². The van der Waals surface area contributed by atoms with Crippen LogP contribution in [0.1, 0.15) is 0 Å². The highest BCUT2D eigenvalue weighted by Crippen LogP contribution is 1.88. The fourth-order valence-corrected chi connectivity index (χ4v) is 0. The monoisotopic (exact) mass is 113 g/mol. The van der Waals surface area contributed by atoms with Crippen LogP contribution in [0.15, 0.2) is 0 Å². The smallest absolute Gasteiger partial charge is 0.239 e. The van der Waals surface area contributed by atoms with Gasteiger partial charge in [-0.15, -0.1) is 0 Å². The molecule has 0 atom stereocenters. The van der Waals surface area contributed by atoms with E-state index in [4.69, 9.17) is 28.3 Å². The predicted octanol–water partition coefficient (Wildman–Crippen LogP) is 0.752. The van der Waals surface area contributed by atoms with E-state index in [1.54, 1.807) is 0 Å². The first-order valence-electron chi connectivity index (χ1n) is 0.832. The molecule has 4 heteroatoms. The summed E-state index contributed by atoms with van der Waals surface area (Å²) in [5.41, 5.74) is 0. The molecule has 1 amide bonds. The number of rotatable bonds is 1. The summed E-state index contributed by atoms with van der Waals surface area (Å²) < 4.78 is 0.389. The number of hydrogen-bond acceptors (Lipinski definition) is 1. The topological polar surface area (TPSA) is 20.3 Å². The van der Waals surface area contributed by atoms with Gasteiger partial charge < -0.3 is 0 Å². The Hall–Kier alpha value is 0.0500. The zero-order chi connectivity index (χ0) is 4.28.